The topological polar surface area (TPSA) is 33.8 Å². The van der Waals surface area contributed by atoms with Crippen molar-refractivity contribution in [3.63, 3.8) is 0 Å². The number of nitrogens with zero attached hydrogens (tertiary/aromatic N) is 3. The lowest BCUT2D eigenvalue weighted by Gasteiger charge is -2.48. The quantitative estimate of drug-likeness (QED) is 0.791. The molecule has 2 saturated carbocycles. The molecule has 3 fully saturated rings. The van der Waals surface area contributed by atoms with Crippen molar-refractivity contribution < 1.29 is 0 Å². The molecule has 5 nitrogen and oxygen atoms in total. The molecule has 1 saturated heterocycles. The first-order chi connectivity index (χ1) is 12.1. The molecule has 0 amide bonds. The molecule has 0 spiro atoms. The van der Waals surface area contributed by atoms with Crippen LogP contribution in [0.5, 0.6) is 0 Å². The van der Waals surface area contributed by atoms with E-state index in [0.29, 0.717) is 0 Å². The summed E-state index contributed by atoms with van der Waals surface area (Å²) in [6, 6.07) is 2.38. The third kappa shape index (κ3) is 4.95. The van der Waals surface area contributed by atoms with Crippen LogP contribution in [0.3, 0.4) is 0 Å². The molecule has 3 rings (SSSR count). The lowest BCUT2D eigenvalue weighted by atomic mass is 9.71. The lowest BCUT2D eigenvalue weighted by molar-refractivity contribution is 0.0117. The maximum Gasteiger partial charge on any atom is 0.0505 e. The van der Waals surface area contributed by atoms with Gasteiger partial charge in [-0.2, -0.15) is 0 Å². The first-order valence-corrected chi connectivity index (χ1v) is 10.5. The molecule has 1 aliphatic heterocycles. The molecule has 0 aromatic heterocycles. The summed E-state index contributed by atoms with van der Waals surface area (Å²) in [4.78, 5) is 7.61. The van der Waals surface area contributed by atoms with Crippen molar-refractivity contribution in [1.29, 1.82) is 0 Å². The van der Waals surface area contributed by atoms with Crippen LogP contribution in [0.2, 0.25) is 0 Å². The average molecular weight is 352 g/mol. The van der Waals surface area contributed by atoms with Crippen LogP contribution in [0.1, 0.15) is 51.4 Å². The highest BCUT2D eigenvalue weighted by molar-refractivity contribution is 4.93. The SMILES string of the molecule is CN(C)C1CCC(C(C2CCC(N(C)C)CC2)N2CNCNC2)CC1. The first kappa shape index (κ1) is 19.6. The van der Waals surface area contributed by atoms with Gasteiger partial charge in [-0.25, -0.2) is 0 Å². The third-order valence-electron chi connectivity index (χ3n) is 7.21. The molecule has 25 heavy (non-hydrogen) atoms. The molecule has 0 bridgehead atoms. The standard InChI is InChI=1S/C20H41N5/c1-23(2)18-9-5-16(6-10-18)20(25-14-21-13-22-15-25)17-7-11-19(12-8-17)24(3)4/h16-22H,5-15H2,1-4H3. The fourth-order valence-corrected chi connectivity index (χ4v) is 5.65. The van der Waals surface area contributed by atoms with E-state index in [1.54, 1.807) is 0 Å². The Morgan fingerprint density at radius 3 is 1.44 bits per heavy atom. The number of rotatable bonds is 5. The van der Waals surface area contributed by atoms with Gasteiger partial charge in [0.2, 0.25) is 0 Å². The zero-order chi connectivity index (χ0) is 17.8. The van der Waals surface area contributed by atoms with Crippen molar-refractivity contribution in [2.75, 3.05) is 48.2 Å². The van der Waals surface area contributed by atoms with E-state index in [1.165, 1.54) is 51.4 Å². The van der Waals surface area contributed by atoms with E-state index in [1.807, 2.05) is 0 Å². The van der Waals surface area contributed by atoms with Gasteiger partial charge >= 0.3 is 0 Å². The summed E-state index contributed by atoms with van der Waals surface area (Å²) in [5.74, 6) is 1.78. The minimum absolute atomic E-state index is 0.770. The van der Waals surface area contributed by atoms with Crippen LogP contribution in [0.15, 0.2) is 0 Å². The molecule has 0 aromatic rings. The van der Waals surface area contributed by atoms with Gasteiger partial charge < -0.3 is 9.80 Å². The van der Waals surface area contributed by atoms with Crippen LogP contribution < -0.4 is 10.6 Å². The first-order valence-electron chi connectivity index (χ1n) is 10.5. The Morgan fingerprint density at radius 1 is 0.680 bits per heavy atom. The van der Waals surface area contributed by atoms with E-state index in [0.717, 1.165) is 50.0 Å². The van der Waals surface area contributed by atoms with E-state index >= 15 is 0 Å². The molecule has 0 atom stereocenters. The molecule has 0 unspecified atom stereocenters. The van der Waals surface area contributed by atoms with Crippen LogP contribution in [0, 0.1) is 11.8 Å². The summed E-state index contributed by atoms with van der Waals surface area (Å²) in [7, 11) is 9.01. The zero-order valence-electron chi connectivity index (χ0n) is 17.0. The second kappa shape index (κ2) is 9.14. The Morgan fingerprint density at radius 2 is 1.08 bits per heavy atom. The summed E-state index contributed by atoms with van der Waals surface area (Å²) in [5.41, 5.74) is 0. The molecular formula is C20H41N5. The lowest BCUT2D eigenvalue weighted by Crippen LogP contribution is -2.59. The normalized spacial score (nSPS) is 36.7. The van der Waals surface area contributed by atoms with Crippen LogP contribution in [-0.2, 0) is 0 Å². The smallest absolute Gasteiger partial charge is 0.0505 e. The molecule has 1 heterocycles. The van der Waals surface area contributed by atoms with Crippen molar-refractivity contribution in [3.05, 3.63) is 0 Å². The van der Waals surface area contributed by atoms with Gasteiger partial charge in [-0.1, -0.05) is 0 Å². The van der Waals surface area contributed by atoms with E-state index in [9.17, 15) is 0 Å². The van der Waals surface area contributed by atoms with Gasteiger partial charge in [-0.15, -0.1) is 0 Å². The summed E-state index contributed by atoms with van der Waals surface area (Å²) < 4.78 is 0. The number of hydrogen-bond donors (Lipinski definition) is 2. The van der Waals surface area contributed by atoms with Crippen LogP contribution in [0.25, 0.3) is 0 Å². The fraction of sp³-hybridized carbons (Fsp3) is 1.00. The van der Waals surface area contributed by atoms with Gasteiger partial charge in [0.15, 0.2) is 0 Å². The predicted molar refractivity (Wildman–Crippen MR) is 105 cm³/mol. The van der Waals surface area contributed by atoms with E-state index in [2.05, 4.69) is 53.5 Å². The minimum atomic E-state index is 0.770. The van der Waals surface area contributed by atoms with E-state index in [4.69, 9.17) is 0 Å². The summed E-state index contributed by atoms with van der Waals surface area (Å²) >= 11 is 0. The Labute approximate surface area is 155 Å². The van der Waals surface area contributed by atoms with Crippen molar-refractivity contribution in [2.45, 2.75) is 69.5 Å². The fourth-order valence-electron chi connectivity index (χ4n) is 5.65. The number of nitrogens with one attached hydrogen (secondary N) is 2. The highest BCUT2D eigenvalue weighted by Gasteiger charge is 2.38. The second-order valence-corrected chi connectivity index (χ2v) is 9.14. The van der Waals surface area contributed by atoms with Crippen molar-refractivity contribution >= 4 is 0 Å². The van der Waals surface area contributed by atoms with Gasteiger partial charge in [0.25, 0.3) is 0 Å². The van der Waals surface area contributed by atoms with E-state index in [-0.39, 0.29) is 0 Å². The molecular weight excluding hydrogens is 310 g/mol. The Kier molecular flexibility index (Phi) is 7.15. The highest BCUT2D eigenvalue weighted by atomic mass is 15.4. The van der Waals surface area contributed by atoms with Crippen molar-refractivity contribution in [3.8, 4) is 0 Å². The van der Waals surface area contributed by atoms with Gasteiger partial charge in [0.1, 0.15) is 0 Å². The molecule has 2 N–H and O–H groups in total. The summed E-state index contributed by atoms with van der Waals surface area (Å²) in [5, 5.41) is 7.09. The molecule has 5 heteroatoms. The Balaban J connectivity index is 1.64. The minimum Gasteiger partial charge on any atom is -0.306 e. The van der Waals surface area contributed by atoms with Gasteiger partial charge in [0.05, 0.1) is 13.3 Å². The van der Waals surface area contributed by atoms with Crippen LogP contribution in [-0.4, -0.2) is 81.0 Å². The van der Waals surface area contributed by atoms with Crippen LogP contribution in [0.4, 0.5) is 0 Å². The number of hydrogen-bond acceptors (Lipinski definition) is 5. The monoisotopic (exact) mass is 351 g/mol. The third-order valence-corrected chi connectivity index (χ3v) is 7.21. The second-order valence-electron chi connectivity index (χ2n) is 9.14. The zero-order valence-corrected chi connectivity index (χ0v) is 17.0. The molecule has 0 radical (unpaired) electrons. The van der Waals surface area contributed by atoms with Gasteiger partial charge in [-0.05, 0) is 91.4 Å². The van der Waals surface area contributed by atoms with Crippen molar-refractivity contribution in [1.82, 2.24) is 25.3 Å². The van der Waals surface area contributed by atoms with Gasteiger partial charge in [-0.3, -0.25) is 15.5 Å². The highest BCUT2D eigenvalue weighted by Crippen LogP contribution is 2.39. The maximum atomic E-state index is 3.55. The molecule has 2 aliphatic carbocycles. The Bertz CT molecular complexity index is 350. The Hall–Kier alpha value is -0.200. The summed E-state index contributed by atoms with van der Waals surface area (Å²) in [6.45, 7) is 3.10. The van der Waals surface area contributed by atoms with Crippen LogP contribution >= 0.6 is 0 Å². The molecule has 0 aromatic carbocycles. The van der Waals surface area contributed by atoms with Crippen molar-refractivity contribution in [2.24, 2.45) is 11.8 Å². The predicted octanol–water partition coefficient (Wildman–Crippen LogP) is 1.96. The van der Waals surface area contributed by atoms with E-state index < -0.39 is 0 Å². The molecule has 3 aliphatic rings. The van der Waals surface area contributed by atoms with Gasteiger partial charge in [0, 0.05) is 24.8 Å². The maximum absolute atomic E-state index is 3.55. The largest absolute Gasteiger partial charge is 0.306 e. The average Bonchev–Trinajstić information content (AvgIpc) is 2.64. The summed E-state index contributed by atoms with van der Waals surface area (Å²) in [6.07, 6.45) is 11.2. The molecule has 146 valence electrons.